The van der Waals surface area contributed by atoms with E-state index < -0.39 is 0 Å². The van der Waals surface area contributed by atoms with E-state index in [1.165, 1.54) is 0 Å². The lowest BCUT2D eigenvalue weighted by atomic mass is 9.82. The van der Waals surface area contributed by atoms with Gasteiger partial charge < -0.3 is 15.6 Å². The predicted octanol–water partition coefficient (Wildman–Crippen LogP) is 1.93. The van der Waals surface area contributed by atoms with Crippen molar-refractivity contribution in [3.8, 4) is 0 Å². The highest BCUT2D eigenvalue weighted by molar-refractivity contribution is 5.94. The van der Waals surface area contributed by atoms with Gasteiger partial charge in [0.1, 0.15) is 5.69 Å². The number of nitrogens with zero attached hydrogens (tertiary/aromatic N) is 1. The minimum Gasteiger partial charge on any atom is -0.397 e. The summed E-state index contributed by atoms with van der Waals surface area (Å²) in [6.07, 6.45) is 6.41. The molecule has 2 saturated carbocycles. The Morgan fingerprint density at radius 3 is 2.76 bits per heavy atom. The lowest BCUT2D eigenvalue weighted by Crippen LogP contribution is -2.43. The van der Waals surface area contributed by atoms with E-state index in [0.29, 0.717) is 17.8 Å². The molecule has 3 N–H and O–H groups in total. The van der Waals surface area contributed by atoms with Crippen molar-refractivity contribution in [3.05, 3.63) is 18.0 Å². The number of anilines is 1. The smallest absolute Gasteiger partial charge is 0.268 e. The number of aromatic nitrogens is 1. The minimum absolute atomic E-state index is 0.0329. The molecule has 4 nitrogen and oxygen atoms in total. The Hall–Kier alpha value is -1.45. The standard InChI is InChI=1S/C13H19N3O/c1-8-4-10(5-8)15-13(17)12-6-9(14)7-16(12)11-2-3-11/h6-8,10-11H,2-5,14H2,1H3,(H,15,17). The first-order valence-corrected chi connectivity index (χ1v) is 6.41. The third kappa shape index (κ3) is 2.04. The molecular weight excluding hydrogens is 214 g/mol. The predicted molar refractivity (Wildman–Crippen MR) is 66.8 cm³/mol. The molecule has 1 heterocycles. The van der Waals surface area contributed by atoms with Gasteiger partial charge in [0.05, 0.1) is 5.69 Å². The van der Waals surface area contributed by atoms with Crippen LogP contribution in [-0.4, -0.2) is 16.5 Å². The zero-order valence-electron chi connectivity index (χ0n) is 10.1. The van der Waals surface area contributed by atoms with Gasteiger partial charge in [-0.05, 0) is 37.7 Å². The molecule has 0 spiro atoms. The molecule has 1 amide bonds. The van der Waals surface area contributed by atoms with E-state index in [0.717, 1.165) is 37.3 Å². The number of hydrogen-bond donors (Lipinski definition) is 2. The first-order valence-electron chi connectivity index (χ1n) is 6.41. The van der Waals surface area contributed by atoms with Crippen LogP contribution in [0, 0.1) is 5.92 Å². The molecule has 2 fully saturated rings. The maximum absolute atomic E-state index is 12.1. The van der Waals surface area contributed by atoms with Gasteiger partial charge in [-0.25, -0.2) is 0 Å². The molecule has 92 valence electrons. The van der Waals surface area contributed by atoms with Crippen LogP contribution in [-0.2, 0) is 0 Å². The summed E-state index contributed by atoms with van der Waals surface area (Å²) in [4.78, 5) is 12.1. The first-order chi connectivity index (χ1) is 8.13. The number of nitrogen functional groups attached to an aromatic ring is 1. The molecule has 2 aliphatic rings. The van der Waals surface area contributed by atoms with Crippen molar-refractivity contribution >= 4 is 11.6 Å². The number of nitrogens with two attached hydrogens (primary N) is 1. The molecule has 0 saturated heterocycles. The van der Waals surface area contributed by atoms with E-state index in [-0.39, 0.29) is 5.91 Å². The van der Waals surface area contributed by atoms with Gasteiger partial charge in [0.15, 0.2) is 0 Å². The summed E-state index contributed by atoms with van der Waals surface area (Å²) in [6, 6.07) is 2.64. The Bertz CT molecular complexity index is 442. The van der Waals surface area contributed by atoms with Gasteiger partial charge in [-0.1, -0.05) is 6.92 Å². The first kappa shape index (κ1) is 10.7. The van der Waals surface area contributed by atoms with Gasteiger partial charge in [-0.15, -0.1) is 0 Å². The van der Waals surface area contributed by atoms with Crippen molar-refractivity contribution in [1.82, 2.24) is 9.88 Å². The highest BCUT2D eigenvalue weighted by atomic mass is 16.2. The van der Waals surface area contributed by atoms with Gasteiger partial charge in [0, 0.05) is 18.3 Å². The molecule has 0 radical (unpaired) electrons. The van der Waals surface area contributed by atoms with Crippen LogP contribution >= 0.6 is 0 Å². The van der Waals surface area contributed by atoms with Crippen molar-refractivity contribution in [2.75, 3.05) is 5.73 Å². The summed E-state index contributed by atoms with van der Waals surface area (Å²) < 4.78 is 2.03. The maximum atomic E-state index is 12.1. The number of carbonyl (C=O) groups excluding carboxylic acids is 1. The molecule has 0 aliphatic heterocycles. The Balaban J connectivity index is 1.71. The maximum Gasteiger partial charge on any atom is 0.268 e. The van der Waals surface area contributed by atoms with Crippen LogP contribution in [0.3, 0.4) is 0 Å². The van der Waals surface area contributed by atoms with E-state index in [1.54, 1.807) is 6.07 Å². The SMILES string of the molecule is CC1CC(NC(=O)c2cc(N)cn2C2CC2)C1. The van der Waals surface area contributed by atoms with E-state index in [4.69, 9.17) is 5.73 Å². The fraction of sp³-hybridized carbons (Fsp3) is 0.615. The van der Waals surface area contributed by atoms with Crippen LogP contribution in [0.15, 0.2) is 12.3 Å². The van der Waals surface area contributed by atoms with E-state index in [1.807, 2.05) is 10.8 Å². The Morgan fingerprint density at radius 1 is 1.47 bits per heavy atom. The molecule has 0 bridgehead atoms. The third-order valence-corrected chi connectivity index (χ3v) is 3.75. The monoisotopic (exact) mass is 233 g/mol. The van der Waals surface area contributed by atoms with Crippen LogP contribution in [0.4, 0.5) is 5.69 Å². The molecule has 17 heavy (non-hydrogen) atoms. The van der Waals surface area contributed by atoms with E-state index in [2.05, 4.69) is 12.2 Å². The Morgan fingerprint density at radius 2 is 2.18 bits per heavy atom. The zero-order chi connectivity index (χ0) is 12.0. The number of amides is 1. The Kier molecular flexibility index (Phi) is 2.38. The average Bonchev–Trinajstić information content (AvgIpc) is 3.00. The molecule has 1 aromatic rings. The summed E-state index contributed by atoms with van der Waals surface area (Å²) in [5, 5.41) is 3.08. The number of hydrogen-bond acceptors (Lipinski definition) is 2. The van der Waals surface area contributed by atoms with Crippen molar-refractivity contribution in [2.24, 2.45) is 5.92 Å². The fourth-order valence-electron chi connectivity index (χ4n) is 2.62. The molecule has 4 heteroatoms. The normalized spacial score (nSPS) is 27.6. The quantitative estimate of drug-likeness (QED) is 0.838. The highest BCUT2D eigenvalue weighted by Crippen LogP contribution is 2.37. The van der Waals surface area contributed by atoms with Crippen LogP contribution in [0.1, 0.15) is 49.1 Å². The summed E-state index contributed by atoms with van der Waals surface area (Å²) in [5.41, 5.74) is 7.19. The van der Waals surface area contributed by atoms with Gasteiger partial charge in [-0.2, -0.15) is 0 Å². The van der Waals surface area contributed by atoms with Gasteiger partial charge in [0.2, 0.25) is 0 Å². The summed E-state index contributed by atoms with van der Waals surface area (Å²) in [6.45, 7) is 2.22. The van der Waals surface area contributed by atoms with Gasteiger partial charge >= 0.3 is 0 Å². The number of carbonyl (C=O) groups is 1. The summed E-state index contributed by atoms with van der Waals surface area (Å²) >= 11 is 0. The van der Waals surface area contributed by atoms with E-state index >= 15 is 0 Å². The molecule has 0 aromatic carbocycles. The van der Waals surface area contributed by atoms with Crippen molar-refractivity contribution < 1.29 is 4.79 Å². The van der Waals surface area contributed by atoms with Crippen LogP contribution in [0.5, 0.6) is 0 Å². The minimum atomic E-state index is 0.0329. The molecule has 3 rings (SSSR count). The second kappa shape index (κ2) is 3.79. The second-order valence-electron chi connectivity index (χ2n) is 5.54. The summed E-state index contributed by atoms with van der Waals surface area (Å²) in [7, 11) is 0. The van der Waals surface area contributed by atoms with Crippen LogP contribution in [0.2, 0.25) is 0 Å². The fourth-order valence-corrected chi connectivity index (χ4v) is 2.62. The number of nitrogens with one attached hydrogen (secondary N) is 1. The average molecular weight is 233 g/mol. The van der Waals surface area contributed by atoms with E-state index in [9.17, 15) is 4.79 Å². The number of rotatable bonds is 3. The summed E-state index contributed by atoms with van der Waals surface area (Å²) in [5.74, 6) is 0.783. The van der Waals surface area contributed by atoms with Crippen molar-refractivity contribution in [1.29, 1.82) is 0 Å². The molecule has 2 aliphatic carbocycles. The third-order valence-electron chi connectivity index (χ3n) is 3.75. The second-order valence-corrected chi connectivity index (χ2v) is 5.54. The Labute approximate surface area is 101 Å². The lowest BCUT2D eigenvalue weighted by Gasteiger charge is -2.33. The highest BCUT2D eigenvalue weighted by Gasteiger charge is 2.30. The lowest BCUT2D eigenvalue weighted by molar-refractivity contribution is 0.0886. The van der Waals surface area contributed by atoms with Crippen LogP contribution in [0.25, 0.3) is 0 Å². The largest absolute Gasteiger partial charge is 0.397 e. The zero-order valence-corrected chi connectivity index (χ0v) is 10.1. The molecular formula is C13H19N3O. The van der Waals surface area contributed by atoms with Crippen molar-refractivity contribution in [2.45, 2.75) is 44.7 Å². The molecule has 1 aromatic heterocycles. The van der Waals surface area contributed by atoms with Crippen molar-refractivity contribution in [3.63, 3.8) is 0 Å². The van der Waals surface area contributed by atoms with Gasteiger partial charge in [-0.3, -0.25) is 4.79 Å². The van der Waals surface area contributed by atoms with Crippen LogP contribution < -0.4 is 11.1 Å². The topological polar surface area (TPSA) is 60.1 Å². The van der Waals surface area contributed by atoms with Gasteiger partial charge in [0.25, 0.3) is 5.91 Å². The molecule has 0 atom stereocenters. The molecule has 0 unspecified atom stereocenters.